The SMILES string of the molecule is NC(=O)CCC(N)C(=O)NC(CC(=O)O)C(=O)NC(Cc1cnc[nH]1)C(=O)NC(CO)C(=O)O. The molecule has 4 amide bonds. The predicted octanol–water partition coefficient (Wildman–Crippen LogP) is -4.45. The molecule has 0 saturated carbocycles. The molecule has 16 nitrogen and oxygen atoms in total. The van der Waals surface area contributed by atoms with E-state index in [-0.39, 0.29) is 19.3 Å². The van der Waals surface area contributed by atoms with Crippen LogP contribution in [0.25, 0.3) is 0 Å². The first-order valence-corrected chi connectivity index (χ1v) is 9.92. The van der Waals surface area contributed by atoms with Gasteiger partial charge in [0.25, 0.3) is 0 Å². The van der Waals surface area contributed by atoms with Gasteiger partial charge in [-0.3, -0.25) is 24.0 Å². The number of H-pyrrole nitrogens is 1. The van der Waals surface area contributed by atoms with E-state index in [1.54, 1.807) is 0 Å². The average molecular weight is 485 g/mol. The van der Waals surface area contributed by atoms with Gasteiger partial charge in [-0.2, -0.15) is 0 Å². The number of carbonyl (C=O) groups is 6. The molecule has 11 N–H and O–H groups in total. The third kappa shape index (κ3) is 9.61. The summed E-state index contributed by atoms with van der Waals surface area (Å²) in [5, 5.41) is 33.7. The third-order valence-electron chi connectivity index (χ3n) is 4.46. The molecule has 0 radical (unpaired) electrons. The van der Waals surface area contributed by atoms with Crippen LogP contribution in [0.2, 0.25) is 0 Å². The van der Waals surface area contributed by atoms with Crippen LogP contribution < -0.4 is 27.4 Å². The summed E-state index contributed by atoms with van der Waals surface area (Å²) < 4.78 is 0. The Morgan fingerprint density at radius 1 is 0.971 bits per heavy atom. The lowest BCUT2D eigenvalue weighted by Gasteiger charge is -2.24. The van der Waals surface area contributed by atoms with Gasteiger partial charge in [0, 0.05) is 24.7 Å². The molecule has 4 atom stereocenters. The topological polar surface area (TPSA) is 280 Å². The molecule has 0 saturated heterocycles. The molecule has 0 fully saturated rings. The molecule has 1 heterocycles. The molecular formula is C18H27N7O9. The first-order chi connectivity index (χ1) is 15.9. The monoisotopic (exact) mass is 485 g/mol. The number of imidazole rings is 1. The zero-order chi connectivity index (χ0) is 25.8. The van der Waals surface area contributed by atoms with Crippen LogP contribution in [0.15, 0.2) is 12.5 Å². The second-order valence-corrected chi connectivity index (χ2v) is 7.19. The van der Waals surface area contributed by atoms with Gasteiger partial charge in [-0.15, -0.1) is 0 Å². The van der Waals surface area contributed by atoms with E-state index in [1.165, 1.54) is 12.5 Å². The number of aliphatic hydroxyl groups excluding tert-OH is 1. The Balaban J connectivity index is 3.01. The largest absolute Gasteiger partial charge is 0.481 e. The Hall–Kier alpha value is -4.05. The van der Waals surface area contributed by atoms with Crippen molar-refractivity contribution in [3.05, 3.63) is 18.2 Å². The van der Waals surface area contributed by atoms with E-state index >= 15 is 0 Å². The Bertz CT molecular complexity index is 890. The highest BCUT2D eigenvalue weighted by molar-refractivity contribution is 5.95. The lowest BCUT2D eigenvalue weighted by molar-refractivity contribution is -0.144. The van der Waals surface area contributed by atoms with E-state index in [0.717, 1.165) is 0 Å². The number of carbonyl (C=O) groups excluding carboxylic acids is 4. The number of carboxylic acids is 2. The van der Waals surface area contributed by atoms with Crippen molar-refractivity contribution in [2.24, 2.45) is 11.5 Å². The van der Waals surface area contributed by atoms with Crippen molar-refractivity contribution < 1.29 is 44.1 Å². The number of aliphatic hydroxyl groups is 1. The van der Waals surface area contributed by atoms with Gasteiger partial charge in [0.05, 0.1) is 25.4 Å². The summed E-state index contributed by atoms with van der Waals surface area (Å²) in [4.78, 5) is 77.2. The van der Waals surface area contributed by atoms with Crippen LogP contribution in [0.3, 0.4) is 0 Å². The molecule has 0 aromatic carbocycles. The minimum Gasteiger partial charge on any atom is -0.481 e. The van der Waals surface area contributed by atoms with Crippen LogP contribution in [0.5, 0.6) is 0 Å². The number of aromatic nitrogens is 2. The van der Waals surface area contributed by atoms with E-state index < -0.39 is 72.8 Å². The molecular weight excluding hydrogens is 458 g/mol. The Kier molecular flexibility index (Phi) is 11.1. The van der Waals surface area contributed by atoms with Gasteiger partial charge in [0.1, 0.15) is 18.1 Å². The first kappa shape index (κ1) is 28.0. The number of aliphatic carboxylic acids is 2. The smallest absolute Gasteiger partial charge is 0.328 e. The molecule has 34 heavy (non-hydrogen) atoms. The zero-order valence-electron chi connectivity index (χ0n) is 17.9. The molecule has 0 aliphatic rings. The normalized spacial score (nSPS) is 14.2. The fourth-order valence-corrected chi connectivity index (χ4v) is 2.65. The van der Waals surface area contributed by atoms with Crippen molar-refractivity contribution >= 4 is 35.6 Å². The second kappa shape index (κ2) is 13.5. The van der Waals surface area contributed by atoms with E-state index in [0.29, 0.717) is 5.69 Å². The fraction of sp³-hybridized carbons (Fsp3) is 0.500. The van der Waals surface area contributed by atoms with Crippen LogP contribution in [0.1, 0.15) is 25.0 Å². The Labute approximate surface area is 192 Å². The van der Waals surface area contributed by atoms with Crippen LogP contribution in [-0.2, 0) is 35.2 Å². The van der Waals surface area contributed by atoms with Crippen molar-refractivity contribution in [3.63, 3.8) is 0 Å². The van der Waals surface area contributed by atoms with E-state index in [1.807, 2.05) is 5.32 Å². The number of hydrogen-bond acceptors (Lipinski definition) is 9. The number of hydrogen-bond donors (Lipinski definition) is 9. The van der Waals surface area contributed by atoms with E-state index in [2.05, 4.69) is 20.6 Å². The molecule has 0 spiro atoms. The molecule has 1 rings (SSSR count). The van der Waals surface area contributed by atoms with Gasteiger partial charge in [0.15, 0.2) is 0 Å². The number of primary amides is 1. The number of nitrogens with one attached hydrogen (secondary N) is 4. The molecule has 188 valence electrons. The molecule has 0 bridgehead atoms. The quantitative estimate of drug-likeness (QED) is 0.114. The number of amides is 4. The van der Waals surface area contributed by atoms with Crippen molar-refractivity contribution in [3.8, 4) is 0 Å². The fourth-order valence-electron chi connectivity index (χ4n) is 2.65. The minimum absolute atomic E-state index is 0.148. The van der Waals surface area contributed by atoms with Crippen molar-refractivity contribution in [2.45, 2.75) is 49.9 Å². The second-order valence-electron chi connectivity index (χ2n) is 7.19. The van der Waals surface area contributed by atoms with Crippen molar-refractivity contribution in [2.75, 3.05) is 6.61 Å². The number of nitrogens with two attached hydrogens (primary N) is 2. The number of carboxylic acid groups (broad SMARTS) is 2. The van der Waals surface area contributed by atoms with Crippen molar-refractivity contribution in [1.29, 1.82) is 0 Å². The summed E-state index contributed by atoms with van der Waals surface area (Å²) in [6.07, 6.45) is 1.19. The van der Waals surface area contributed by atoms with Gasteiger partial charge in [-0.05, 0) is 6.42 Å². The first-order valence-electron chi connectivity index (χ1n) is 9.92. The van der Waals surface area contributed by atoms with E-state index in [4.69, 9.17) is 26.8 Å². The van der Waals surface area contributed by atoms with Gasteiger partial charge in [-0.1, -0.05) is 0 Å². The number of nitrogens with zero attached hydrogens (tertiary/aromatic N) is 1. The summed E-state index contributed by atoms with van der Waals surface area (Å²) in [7, 11) is 0. The Morgan fingerprint density at radius 3 is 2.06 bits per heavy atom. The molecule has 0 aliphatic heterocycles. The molecule has 0 aliphatic carbocycles. The highest BCUT2D eigenvalue weighted by atomic mass is 16.4. The van der Waals surface area contributed by atoms with Crippen LogP contribution in [0, 0.1) is 0 Å². The van der Waals surface area contributed by atoms with Crippen LogP contribution in [-0.4, -0.2) is 91.6 Å². The maximum absolute atomic E-state index is 12.8. The van der Waals surface area contributed by atoms with Gasteiger partial charge in [-0.25, -0.2) is 9.78 Å². The van der Waals surface area contributed by atoms with E-state index in [9.17, 15) is 28.8 Å². The lowest BCUT2D eigenvalue weighted by Crippen LogP contribution is -2.58. The minimum atomic E-state index is -1.66. The Morgan fingerprint density at radius 2 is 1.56 bits per heavy atom. The lowest BCUT2D eigenvalue weighted by atomic mass is 10.1. The van der Waals surface area contributed by atoms with Gasteiger partial charge < -0.3 is 47.7 Å². The third-order valence-corrected chi connectivity index (χ3v) is 4.46. The highest BCUT2D eigenvalue weighted by Gasteiger charge is 2.31. The summed E-state index contributed by atoms with van der Waals surface area (Å²) >= 11 is 0. The summed E-state index contributed by atoms with van der Waals surface area (Å²) in [6.45, 7) is -0.924. The molecule has 4 unspecified atom stereocenters. The standard InChI is InChI=1S/C18H27N7O9/c19-9(1-2-13(20)27)15(30)23-11(4-14(28)29)17(32)24-10(3-8-5-21-7-22-8)16(31)25-12(6-26)18(33)34/h5,7,9-12,26H,1-4,6,19H2,(H2,20,27)(H,21,22)(H,23,30)(H,24,32)(H,25,31)(H,28,29)(H,33,34). The number of rotatable bonds is 15. The maximum Gasteiger partial charge on any atom is 0.328 e. The summed E-state index contributed by atoms with van der Waals surface area (Å²) in [5.41, 5.74) is 11.0. The zero-order valence-corrected chi connectivity index (χ0v) is 17.9. The summed E-state index contributed by atoms with van der Waals surface area (Å²) in [5.74, 6) is -6.69. The van der Waals surface area contributed by atoms with Gasteiger partial charge in [0.2, 0.25) is 23.6 Å². The average Bonchev–Trinajstić information content (AvgIpc) is 3.26. The maximum atomic E-state index is 12.8. The van der Waals surface area contributed by atoms with Crippen LogP contribution >= 0.6 is 0 Å². The molecule has 1 aromatic rings. The molecule has 16 heteroatoms. The number of aromatic amines is 1. The highest BCUT2D eigenvalue weighted by Crippen LogP contribution is 2.03. The summed E-state index contributed by atoms with van der Waals surface area (Å²) in [6, 6.07) is -6.01. The van der Waals surface area contributed by atoms with Crippen molar-refractivity contribution in [1.82, 2.24) is 25.9 Å². The van der Waals surface area contributed by atoms with Gasteiger partial charge >= 0.3 is 11.9 Å². The predicted molar refractivity (Wildman–Crippen MR) is 111 cm³/mol. The van der Waals surface area contributed by atoms with Crippen LogP contribution in [0.4, 0.5) is 0 Å². The molecule has 1 aromatic heterocycles.